The van der Waals surface area contributed by atoms with Crippen LogP contribution in [-0.4, -0.2) is 44.5 Å². The van der Waals surface area contributed by atoms with Crippen molar-refractivity contribution in [2.24, 2.45) is 5.92 Å². The lowest BCUT2D eigenvalue weighted by Crippen LogP contribution is -2.44. The third kappa shape index (κ3) is 2.91. The molecule has 2 N–H and O–H groups in total. The van der Waals surface area contributed by atoms with Crippen LogP contribution in [0.3, 0.4) is 0 Å². The number of anilines is 1. The molecule has 0 radical (unpaired) electrons. The van der Waals surface area contributed by atoms with Gasteiger partial charge in [-0.2, -0.15) is 5.10 Å². The van der Waals surface area contributed by atoms with Crippen molar-refractivity contribution in [3.63, 3.8) is 0 Å². The Kier molecular flexibility index (Phi) is 4.02. The lowest BCUT2D eigenvalue weighted by Gasteiger charge is -2.25. The highest BCUT2D eigenvalue weighted by atomic mass is 16.2. The number of aromatic amines is 1. The van der Waals surface area contributed by atoms with E-state index >= 15 is 0 Å². The molecule has 0 aliphatic carbocycles. The highest BCUT2D eigenvalue weighted by Crippen LogP contribution is 2.22. The maximum atomic E-state index is 12.6. The number of rotatable bonds is 3. The zero-order valence-electron chi connectivity index (χ0n) is 13.6. The second-order valence-corrected chi connectivity index (χ2v) is 6.28. The first kappa shape index (κ1) is 15.5. The molecule has 1 fully saturated rings. The maximum absolute atomic E-state index is 12.6. The summed E-state index contributed by atoms with van der Waals surface area (Å²) < 4.78 is 0. The third-order valence-electron chi connectivity index (χ3n) is 4.20. The molecule has 3 heterocycles. The summed E-state index contributed by atoms with van der Waals surface area (Å²) in [6, 6.07) is 1.45. The molecule has 0 saturated carbocycles. The quantitative estimate of drug-likeness (QED) is 0.904. The fourth-order valence-electron chi connectivity index (χ4n) is 2.95. The first-order valence-corrected chi connectivity index (χ1v) is 7.89. The second kappa shape index (κ2) is 5.98. The lowest BCUT2D eigenvalue weighted by molar-refractivity contribution is -0.139. The van der Waals surface area contributed by atoms with Gasteiger partial charge in [0.1, 0.15) is 6.04 Å². The Morgan fingerprint density at radius 1 is 1.43 bits per heavy atom. The first-order chi connectivity index (χ1) is 11.0. The van der Waals surface area contributed by atoms with Gasteiger partial charge in [0.05, 0.1) is 11.9 Å². The van der Waals surface area contributed by atoms with Crippen LogP contribution in [-0.2, 0) is 9.59 Å². The molecule has 1 aliphatic rings. The Hall–Kier alpha value is -2.44. The number of aryl methyl sites for hydroxylation is 1. The summed E-state index contributed by atoms with van der Waals surface area (Å²) in [6.45, 7) is 6.26. The molecule has 1 atom stereocenters. The number of likely N-dealkylation sites (tertiary alicyclic amines) is 1. The Balaban J connectivity index is 1.77. The van der Waals surface area contributed by atoms with E-state index in [2.05, 4.69) is 20.5 Å². The second-order valence-electron chi connectivity index (χ2n) is 6.28. The average Bonchev–Trinajstić information content (AvgIpc) is 3.14. The summed E-state index contributed by atoms with van der Waals surface area (Å²) in [7, 11) is 0. The van der Waals surface area contributed by atoms with Gasteiger partial charge in [-0.1, -0.05) is 13.8 Å². The van der Waals surface area contributed by atoms with Crippen LogP contribution in [0.2, 0.25) is 0 Å². The van der Waals surface area contributed by atoms with Crippen LogP contribution in [0.4, 0.5) is 5.69 Å². The zero-order valence-corrected chi connectivity index (χ0v) is 13.6. The predicted molar refractivity (Wildman–Crippen MR) is 86.8 cm³/mol. The van der Waals surface area contributed by atoms with Gasteiger partial charge >= 0.3 is 0 Å². The molecule has 2 aromatic rings. The molecule has 0 aromatic carbocycles. The predicted octanol–water partition coefficient (Wildman–Crippen LogP) is 1.85. The monoisotopic (exact) mass is 315 g/mol. The largest absolute Gasteiger partial charge is 0.330 e. The SMILES string of the molecule is Cc1[nH]nc2ncc(NC(=O)C3CCCN3C(=O)C(C)C)cc12. The smallest absolute Gasteiger partial charge is 0.247 e. The minimum atomic E-state index is -0.397. The summed E-state index contributed by atoms with van der Waals surface area (Å²) in [5, 5.41) is 10.7. The zero-order chi connectivity index (χ0) is 16.6. The molecule has 1 saturated heterocycles. The van der Waals surface area contributed by atoms with Gasteiger partial charge in [-0.05, 0) is 25.8 Å². The Morgan fingerprint density at radius 3 is 2.96 bits per heavy atom. The standard InChI is InChI=1S/C16H21N5O2/c1-9(2)16(23)21-6-4-5-13(21)15(22)18-11-7-12-10(3)19-20-14(12)17-8-11/h7-9,13H,4-6H2,1-3H3,(H,18,22)(H,17,19,20). The molecule has 2 amide bonds. The fraction of sp³-hybridized carbons (Fsp3) is 0.500. The number of H-pyrrole nitrogens is 1. The van der Waals surface area contributed by atoms with Crippen molar-refractivity contribution in [1.82, 2.24) is 20.1 Å². The van der Waals surface area contributed by atoms with Crippen molar-refractivity contribution in [1.29, 1.82) is 0 Å². The van der Waals surface area contributed by atoms with E-state index in [1.165, 1.54) is 0 Å². The number of carbonyl (C=O) groups excluding carboxylic acids is 2. The Bertz CT molecular complexity index is 752. The van der Waals surface area contributed by atoms with Gasteiger partial charge in [-0.3, -0.25) is 14.7 Å². The van der Waals surface area contributed by atoms with Gasteiger partial charge < -0.3 is 10.2 Å². The van der Waals surface area contributed by atoms with Gasteiger partial charge in [0, 0.05) is 23.5 Å². The van der Waals surface area contributed by atoms with Gasteiger partial charge in [-0.15, -0.1) is 0 Å². The van der Waals surface area contributed by atoms with Crippen molar-refractivity contribution in [2.75, 3.05) is 11.9 Å². The molecular weight excluding hydrogens is 294 g/mol. The molecule has 1 aliphatic heterocycles. The normalized spacial score (nSPS) is 17.9. The highest BCUT2D eigenvalue weighted by Gasteiger charge is 2.34. The van der Waals surface area contributed by atoms with Crippen molar-refractivity contribution >= 4 is 28.5 Å². The number of hydrogen-bond donors (Lipinski definition) is 2. The number of aromatic nitrogens is 3. The van der Waals surface area contributed by atoms with Crippen LogP contribution in [0.25, 0.3) is 11.0 Å². The topological polar surface area (TPSA) is 91.0 Å². The minimum absolute atomic E-state index is 0.0295. The number of carbonyl (C=O) groups is 2. The summed E-state index contributed by atoms with van der Waals surface area (Å²) in [4.78, 5) is 30.7. The van der Waals surface area contributed by atoms with Crippen molar-refractivity contribution in [3.8, 4) is 0 Å². The van der Waals surface area contributed by atoms with E-state index in [0.717, 1.165) is 17.5 Å². The van der Waals surface area contributed by atoms with Gasteiger partial charge in [0.15, 0.2) is 5.65 Å². The van der Waals surface area contributed by atoms with E-state index in [-0.39, 0.29) is 17.7 Å². The molecule has 7 heteroatoms. The molecule has 7 nitrogen and oxygen atoms in total. The molecule has 0 bridgehead atoms. The number of pyridine rings is 1. The molecule has 122 valence electrons. The van der Waals surface area contributed by atoms with Crippen molar-refractivity contribution in [3.05, 3.63) is 18.0 Å². The van der Waals surface area contributed by atoms with Crippen LogP contribution in [0.1, 0.15) is 32.4 Å². The number of fused-ring (bicyclic) bond motifs is 1. The third-order valence-corrected chi connectivity index (χ3v) is 4.20. The van der Waals surface area contributed by atoms with Crippen LogP contribution >= 0.6 is 0 Å². The highest BCUT2D eigenvalue weighted by molar-refractivity contribution is 5.98. The molecular formula is C16H21N5O2. The van der Waals surface area contributed by atoms with E-state index in [1.807, 2.05) is 26.8 Å². The summed E-state index contributed by atoms with van der Waals surface area (Å²) >= 11 is 0. The Morgan fingerprint density at radius 2 is 2.22 bits per heavy atom. The fourth-order valence-corrected chi connectivity index (χ4v) is 2.95. The van der Waals surface area contributed by atoms with Crippen LogP contribution in [0.15, 0.2) is 12.3 Å². The minimum Gasteiger partial charge on any atom is -0.330 e. The summed E-state index contributed by atoms with van der Waals surface area (Å²) in [6.07, 6.45) is 3.14. The van der Waals surface area contributed by atoms with Crippen LogP contribution in [0, 0.1) is 12.8 Å². The molecule has 0 spiro atoms. The Labute approximate surface area is 134 Å². The molecule has 23 heavy (non-hydrogen) atoms. The van der Waals surface area contributed by atoms with E-state index in [4.69, 9.17) is 0 Å². The number of hydrogen-bond acceptors (Lipinski definition) is 4. The van der Waals surface area contributed by atoms with E-state index < -0.39 is 6.04 Å². The van der Waals surface area contributed by atoms with Crippen LogP contribution in [0.5, 0.6) is 0 Å². The molecule has 2 aromatic heterocycles. The molecule has 3 rings (SSSR count). The van der Waals surface area contributed by atoms with Gasteiger partial charge in [0.2, 0.25) is 11.8 Å². The number of nitrogens with zero attached hydrogens (tertiary/aromatic N) is 3. The first-order valence-electron chi connectivity index (χ1n) is 7.89. The van der Waals surface area contributed by atoms with Gasteiger partial charge in [-0.25, -0.2) is 4.98 Å². The summed E-state index contributed by atoms with van der Waals surface area (Å²) in [5.41, 5.74) is 2.15. The van der Waals surface area contributed by atoms with Crippen LogP contribution < -0.4 is 5.32 Å². The molecule has 1 unspecified atom stereocenters. The summed E-state index contributed by atoms with van der Waals surface area (Å²) in [5.74, 6) is -0.226. The lowest BCUT2D eigenvalue weighted by atomic mass is 10.1. The van der Waals surface area contributed by atoms with Gasteiger partial charge in [0.25, 0.3) is 0 Å². The van der Waals surface area contributed by atoms with E-state index in [0.29, 0.717) is 24.3 Å². The van der Waals surface area contributed by atoms with E-state index in [9.17, 15) is 9.59 Å². The average molecular weight is 315 g/mol. The van der Waals surface area contributed by atoms with Crippen molar-refractivity contribution in [2.45, 2.75) is 39.7 Å². The van der Waals surface area contributed by atoms with Crippen molar-refractivity contribution < 1.29 is 9.59 Å². The van der Waals surface area contributed by atoms with E-state index in [1.54, 1.807) is 11.1 Å². The number of amides is 2. The number of nitrogens with one attached hydrogen (secondary N) is 2. The maximum Gasteiger partial charge on any atom is 0.247 e.